The highest BCUT2D eigenvalue weighted by molar-refractivity contribution is 7.89. The maximum atomic E-state index is 11.6. The van der Waals surface area contributed by atoms with E-state index in [2.05, 4.69) is 0 Å². The molecule has 0 bridgehead atoms. The van der Waals surface area contributed by atoms with Crippen molar-refractivity contribution in [2.24, 2.45) is 5.14 Å². The minimum absolute atomic E-state index is 0.0291. The van der Waals surface area contributed by atoms with E-state index in [1.165, 1.54) is 6.07 Å². The Morgan fingerprint density at radius 3 is 2.37 bits per heavy atom. The van der Waals surface area contributed by atoms with Crippen LogP contribution in [0.1, 0.15) is 20.8 Å². The molecule has 0 saturated carbocycles. The first-order valence-corrected chi connectivity index (χ1v) is 7.49. The van der Waals surface area contributed by atoms with Crippen molar-refractivity contribution in [3.05, 3.63) is 18.2 Å². The summed E-state index contributed by atoms with van der Waals surface area (Å²) in [4.78, 5) is 1.72. The molecule has 0 saturated heterocycles. The summed E-state index contributed by atoms with van der Waals surface area (Å²) in [6.45, 7) is 6.01. The van der Waals surface area contributed by atoms with E-state index in [-0.39, 0.29) is 11.4 Å². The number of likely N-dealkylation sites (N-methyl/N-ethyl adjacent to an activating group) is 1. The second kappa shape index (κ2) is 5.36. The van der Waals surface area contributed by atoms with Crippen LogP contribution < -0.4 is 15.8 Å². The average Bonchev–Trinajstić information content (AvgIpc) is 2.23. The molecule has 108 valence electrons. The Bertz CT molecular complexity index is 550. The Kier molecular flexibility index (Phi) is 4.44. The largest absolute Gasteiger partial charge is 0.399 e. The van der Waals surface area contributed by atoms with E-state index in [0.717, 1.165) is 0 Å². The lowest BCUT2D eigenvalue weighted by Crippen LogP contribution is -2.39. The molecule has 19 heavy (non-hydrogen) atoms. The first kappa shape index (κ1) is 15.7. The monoisotopic (exact) mass is 287 g/mol. The van der Waals surface area contributed by atoms with Crippen LogP contribution in [0, 0.1) is 0 Å². The third-order valence-electron chi connectivity index (χ3n) is 2.59. The lowest BCUT2D eigenvalue weighted by molar-refractivity contribution is 0.0875. The predicted molar refractivity (Wildman–Crippen MR) is 76.4 cm³/mol. The summed E-state index contributed by atoms with van der Waals surface area (Å²) < 4.78 is 23.2. The minimum atomic E-state index is -3.87. The van der Waals surface area contributed by atoms with Crippen LogP contribution in [0.2, 0.25) is 0 Å². The number of hydrogen-bond donors (Lipinski definition) is 3. The third kappa shape index (κ3) is 4.38. The highest BCUT2D eigenvalue weighted by atomic mass is 32.2. The zero-order chi connectivity index (χ0) is 14.8. The van der Waals surface area contributed by atoms with Gasteiger partial charge in [0.05, 0.1) is 11.3 Å². The second-order valence-electron chi connectivity index (χ2n) is 5.10. The van der Waals surface area contributed by atoms with Gasteiger partial charge in [-0.05, 0) is 39.0 Å². The SMILES string of the molecule is CCN(CC(C)(C)O)c1ccc(N)cc1S(N)(=O)=O. The lowest BCUT2D eigenvalue weighted by atomic mass is 10.1. The molecule has 0 radical (unpaired) electrons. The van der Waals surface area contributed by atoms with Gasteiger partial charge in [-0.2, -0.15) is 0 Å². The highest BCUT2D eigenvalue weighted by Gasteiger charge is 2.23. The van der Waals surface area contributed by atoms with Crippen LogP contribution in [-0.4, -0.2) is 32.2 Å². The fraction of sp³-hybridized carbons (Fsp3) is 0.500. The molecule has 0 amide bonds. The van der Waals surface area contributed by atoms with Crippen LogP contribution in [0.25, 0.3) is 0 Å². The van der Waals surface area contributed by atoms with E-state index in [0.29, 0.717) is 17.9 Å². The summed E-state index contributed by atoms with van der Waals surface area (Å²) in [5, 5.41) is 15.1. The zero-order valence-corrected chi connectivity index (χ0v) is 12.2. The normalized spacial score (nSPS) is 12.5. The molecule has 0 aliphatic rings. The number of nitrogens with zero attached hydrogens (tertiary/aromatic N) is 1. The van der Waals surface area contributed by atoms with Crippen molar-refractivity contribution in [3.63, 3.8) is 0 Å². The van der Waals surface area contributed by atoms with Crippen molar-refractivity contribution in [1.29, 1.82) is 0 Å². The molecule has 1 aromatic carbocycles. The molecule has 5 N–H and O–H groups in total. The quantitative estimate of drug-likeness (QED) is 0.684. The molecule has 0 unspecified atom stereocenters. The number of primary sulfonamides is 1. The molecule has 1 rings (SSSR count). The zero-order valence-electron chi connectivity index (χ0n) is 11.4. The molecule has 7 heteroatoms. The Hall–Kier alpha value is -1.31. The first-order chi connectivity index (χ1) is 8.54. The van der Waals surface area contributed by atoms with Gasteiger partial charge >= 0.3 is 0 Å². The van der Waals surface area contributed by atoms with Gasteiger partial charge in [0.2, 0.25) is 10.0 Å². The van der Waals surface area contributed by atoms with E-state index >= 15 is 0 Å². The molecule has 0 atom stereocenters. The first-order valence-electron chi connectivity index (χ1n) is 5.94. The summed E-state index contributed by atoms with van der Waals surface area (Å²) in [7, 11) is -3.87. The smallest absolute Gasteiger partial charge is 0.240 e. The Balaban J connectivity index is 3.32. The van der Waals surface area contributed by atoms with Gasteiger partial charge in [-0.1, -0.05) is 0 Å². The Morgan fingerprint density at radius 1 is 1.37 bits per heavy atom. The number of nitrogens with two attached hydrogens (primary N) is 2. The summed E-state index contributed by atoms with van der Waals surface area (Å²) in [5.74, 6) is 0. The molecular formula is C12H21N3O3S. The van der Waals surface area contributed by atoms with Gasteiger partial charge in [0.25, 0.3) is 0 Å². The molecule has 0 aliphatic heterocycles. The molecule has 6 nitrogen and oxygen atoms in total. The van der Waals surface area contributed by atoms with Crippen LogP contribution in [-0.2, 0) is 10.0 Å². The van der Waals surface area contributed by atoms with Crippen molar-refractivity contribution >= 4 is 21.4 Å². The van der Waals surface area contributed by atoms with E-state index < -0.39 is 15.6 Å². The topological polar surface area (TPSA) is 110 Å². The lowest BCUT2D eigenvalue weighted by Gasteiger charge is -2.31. The van der Waals surface area contributed by atoms with Crippen molar-refractivity contribution in [2.45, 2.75) is 31.3 Å². The average molecular weight is 287 g/mol. The fourth-order valence-electron chi connectivity index (χ4n) is 1.85. The maximum absolute atomic E-state index is 11.6. The fourth-order valence-corrected chi connectivity index (χ4v) is 2.64. The van der Waals surface area contributed by atoms with Gasteiger partial charge in [-0.15, -0.1) is 0 Å². The number of aliphatic hydroxyl groups is 1. The minimum Gasteiger partial charge on any atom is -0.399 e. The van der Waals surface area contributed by atoms with Gasteiger partial charge in [-0.25, -0.2) is 13.6 Å². The van der Waals surface area contributed by atoms with E-state index in [1.807, 2.05) is 6.92 Å². The molecular weight excluding hydrogens is 266 g/mol. The van der Waals surface area contributed by atoms with Gasteiger partial charge in [-0.3, -0.25) is 0 Å². The molecule has 1 aromatic rings. The number of benzene rings is 1. The Labute approximate surface area is 114 Å². The molecule has 0 aliphatic carbocycles. The summed E-state index contributed by atoms with van der Waals surface area (Å²) in [5.41, 5.74) is 5.43. The number of nitrogen functional groups attached to an aromatic ring is 1. The standard InChI is InChI=1S/C12H21N3O3S/c1-4-15(8-12(2,3)16)10-6-5-9(13)7-11(10)19(14,17)18/h5-7,16H,4,8,13H2,1-3H3,(H2,14,17,18). The number of hydrogen-bond acceptors (Lipinski definition) is 5. The van der Waals surface area contributed by atoms with Crippen molar-refractivity contribution in [3.8, 4) is 0 Å². The summed E-state index contributed by atoms with van der Waals surface area (Å²) in [6.07, 6.45) is 0. The van der Waals surface area contributed by atoms with Crippen molar-refractivity contribution < 1.29 is 13.5 Å². The van der Waals surface area contributed by atoms with Gasteiger partial charge in [0, 0.05) is 18.8 Å². The Morgan fingerprint density at radius 2 is 1.95 bits per heavy atom. The van der Waals surface area contributed by atoms with Crippen LogP contribution in [0.4, 0.5) is 11.4 Å². The van der Waals surface area contributed by atoms with Gasteiger partial charge < -0.3 is 15.7 Å². The van der Waals surface area contributed by atoms with Crippen molar-refractivity contribution in [2.75, 3.05) is 23.7 Å². The van der Waals surface area contributed by atoms with Crippen LogP contribution in [0.15, 0.2) is 23.1 Å². The third-order valence-corrected chi connectivity index (χ3v) is 3.53. The van der Waals surface area contributed by atoms with Gasteiger partial charge in [0.1, 0.15) is 4.90 Å². The van der Waals surface area contributed by atoms with Crippen LogP contribution in [0.5, 0.6) is 0 Å². The van der Waals surface area contributed by atoms with E-state index in [4.69, 9.17) is 10.9 Å². The number of sulfonamides is 1. The molecule has 0 heterocycles. The predicted octanol–water partition coefficient (Wildman–Crippen LogP) is 0.513. The van der Waals surface area contributed by atoms with Crippen LogP contribution >= 0.6 is 0 Å². The number of rotatable bonds is 5. The van der Waals surface area contributed by atoms with Crippen LogP contribution in [0.3, 0.4) is 0 Å². The molecule has 0 aromatic heterocycles. The summed E-state index contributed by atoms with van der Waals surface area (Å²) >= 11 is 0. The van der Waals surface area contributed by atoms with E-state index in [9.17, 15) is 13.5 Å². The highest BCUT2D eigenvalue weighted by Crippen LogP contribution is 2.27. The second-order valence-corrected chi connectivity index (χ2v) is 6.63. The van der Waals surface area contributed by atoms with Gasteiger partial charge in [0.15, 0.2) is 0 Å². The van der Waals surface area contributed by atoms with E-state index in [1.54, 1.807) is 30.9 Å². The summed E-state index contributed by atoms with van der Waals surface area (Å²) in [6, 6.07) is 4.54. The molecule has 0 fully saturated rings. The maximum Gasteiger partial charge on any atom is 0.240 e. The van der Waals surface area contributed by atoms with Crippen molar-refractivity contribution in [1.82, 2.24) is 0 Å². The molecule has 0 spiro atoms. The number of anilines is 2.